The molecule has 2 N–H and O–H groups in total. The molecule has 1 heterocycles. The number of esters is 1. The van der Waals surface area contributed by atoms with Crippen LogP contribution in [-0.2, 0) is 4.74 Å². The zero-order chi connectivity index (χ0) is 14.3. The Morgan fingerprint density at radius 1 is 1.47 bits per heavy atom. The predicted octanol–water partition coefficient (Wildman–Crippen LogP) is 2.54. The van der Waals surface area contributed by atoms with Crippen LogP contribution in [0.4, 0.5) is 5.69 Å². The van der Waals surface area contributed by atoms with Gasteiger partial charge in [-0.1, -0.05) is 0 Å². The Hall–Kier alpha value is -2.09. The summed E-state index contributed by atoms with van der Waals surface area (Å²) in [4.78, 5) is 15.5. The van der Waals surface area contributed by atoms with Crippen LogP contribution in [0.5, 0.6) is 0 Å². The molecular formula is C14H19N3O2. The van der Waals surface area contributed by atoms with E-state index < -0.39 is 5.97 Å². The molecule has 0 radical (unpaired) electrons. The van der Waals surface area contributed by atoms with E-state index in [0.717, 1.165) is 19.3 Å². The molecule has 1 aromatic rings. The minimum Gasteiger partial charge on any atom is -0.461 e. The lowest BCUT2D eigenvalue weighted by Gasteiger charge is -2.14. The number of anilines is 1. The maximum Gasteiger partial charge on any atom is 0.356 e. The van der Waals surface area contributed by atoms with Crippen molar-refractivity contribution in [1.82, 2.24) is 4.98 Å². The number of nitrogens with zero attached hydrogens (tertiary/aromatic N) is 2. The van der Waals surface area contributed by atoms with Crippen LogP contribution in [-0.4, -0.2) is 17.6 Å². The van der Waals surface area contributed by atoms with E-state index in [-0.39, 0.29) is 11.1 Å². The van der Waals surface area contributed by atoms with Gasteiger partial charge in [-0.05, 0) is 45.2 Å². The van der Waals surface area contributed by atoms with Crippen LogP contribution in [0.3, 0.4) is 0 Å². The Labute approximate surface area is 113 Å². The smallest absolute Gasteiger partial charge is 0.356 e. The topological polar surface area (TPSA) is 89.0 Å². The molecule has 0 bridgehead atoms. The average Bonchev–Trinajstić information content (AvgIpc) is 2.39. The number of nitrogen functional groups attached to an aromatic ring is 1. The molecular weight excluding hydrogens is 242 g/mol. The van der Waals surface area contributed by atoms with Crippen molar-refractivity contribution in [2.75, 3.05) is 12.3 Å². The largest absolute Gasteiger partial charge is 0.461 e. The maximum absolute atomic E-state index is 11.6. The van der Waals surface area contributed by atoms with Crippen molar-refractivity contribution < 1.29 is 9.53 Å². The van der Waals surface area contributed by atoms with Gasteiger partial charge in [0.15, 0.2) is 0 Å². The second-order valence-corrected chi connectivity index (χ2v) is 5.07. The third-order valence-electron chi connectivity index (χ3n) is 2.73. The summed E-state index contributed by atoms with van der Waals surface area (Å²) in [5.74, 6) is -0.445. The summed E-state index contributed by atoms with van der Waals surface area (Å²) in [6, 6.07) is 5.39. The lowest BCUT2D eigenvalue weighted by atomic mass is 9.89. The summed E-state index contributed by atoms with van der Waals surface area (Å²) >= 11 is 0. The van der Waals surface area contributed by atoms with Crippen LogP contribution < -0.4 is 5.73 Å². The fourth-order valence-electron chi connectivity index (χ4n) is 1.49. The highest BCUT2D eigenvalue weighted by Crippen LogP contribution is 2.21. The lowest BCUT2D eigenvalue weighted by molar-refractivity contribution is 0.0489. The highest BCUT2D eigenvalue weighted by Gasteiger charge is 2.15. The zero-order valence-corrected chi connectivity index (χ0v) is 11.3. The van der Waals surface area contributed by atoms with Gasteiger partial charge in [0.05, 0.1) is 30.0 Å². The molecule has 5 nitrogen and oxygen atoms in total. The normalized spacial score (nSPS) is 10.8. The fraction of sp³-hybridized carbons (Fsp3) is 0.500. The molecule has 0 spiro atoms. The first-order chi connectivity index (χ1) is 8.94. The van der Waals surface area contributed by atoms with Crippen LogP contribution in [0.2, 0.25) is 0 Å². The predicted molar refractivity (Wildman–Crippen MR) is 72.2 cm³/mol. The monoisotopic (exact) mass is 261 g/mol. The number of carbonyl (C=O) groups is 1. The molecule has 0 fully saturated rings. The van der Waals surface area contributed by atoms with Gasteiger partial charge in [0.25, 0.3) is 0 Å². The quantitative estimate of drug-likeness (QED) is 0.628. The molecule has 0 aromatic carbocycles. The molecule has 0 atom stereocenters. The molecule has 0 aliphatic rings. The molecule has 19 heavy (non-hydrogen) atoms. The number of carbonyl (C=O) groups excluding carboxylic acids is 1. The number of nitriles is 1. The van der Waals surface area contributed by atoms with E-state index in [1.807, 2.05) is 13.8 Å². The van der Waals surface area contributed by atoms with Gasteiger partial charge in [-0.3, -0.25) is 0 Å². The first-order valence-electron chi connectivity index (χ1n) is 6.24. The Balaban J connectivity index is 2.25. The van der Waals surface area contributed by atoms with E-state index in [2.05, 4.69) is 11.1 Å². The summed E-state index contributed by atoms with van der Waals surface area (Å²) in [5, 5.41) is 8.86. The number of ether oxygens (including phenoxy) is 1. The summed E-state index contributed by atoms with van der Waals surface area (Å²) in [6.45, 7) is 4.14. The highest BCUT2D eigenvalue weighted by molar-refractivity contribution is 5.87. The summed E-state index contributed by atoms with van der Waals surface area (Å²) in [7, 11) is 0. The average molecular weight is 261 g/mol. The zero-order valence-electron chi connectivity index (χ0n) is 11.3. The lowest BCUT2D eigenvalue weighted by Crippen LogP contribution is -2.10. The molecule has 0 aliphatic heterocycles. The van der Waals surface area contributed by atoms with E-state index >= 15 is 0 Å². The van der Waals surface area contributed by atoms with Crippen molar-refractivity contribution in [2.45, 2.75) is 33.1 Å². The number of rotatable bonds is 6. The second kappa shape index (κ2) is 6.74. The summed E-state index contributed by atoms with van der Waals surface area (Å²) in [6.07, 6.45) is 3.81. The van der Waals surface area contributed by atoms with Gasteiger partial charge in [0, 0.05) is 0 Å². The van der Waals surface area contributed by atoms with Crippen molar-refractivity contribution in [2.24, 2.45) is 5.41 Å². The van der Waals surface area contributed by atoms with Crippen LogP contribution in [0, 0.1) is 16.7 Å². The molecule has 1 rings (SSSR count). The molecule has 0 saturated carbocycles. The van der Waals surface area contributed by atoms with Gasteiger partial charge in [0.1, 0.15) is 5.69 Å². The SMILES string of the molecule is CC(C)(C#N)CCCCOC(=O)c1ccc(N)cn1. The summed E-state index contributed by atoms with van der Waals surface area (Å²) in [5.41, 5.74) is 5.93. The molecule has 102 valence electrons. The first-order valence-corrected chi connectivity index (χ1v) is 6.24. The Kier molecular flexibility index (Phi) is 5.31. The molecule has 0 aliphatic carbocycles. The Morgan fingerprint density at radius 2 is 2.21 bits per heavy atom. The molecule has 0 unspecified atom stereocenters. The van der Waals surface area contributed by atoms with Crippen molar-refractivity contribution in [3.63, 3.8) is 0 Å². The summed E-state index contributed by atoms with van der Waals surface area (Å²) < 4.78 is 5.09. The minimum absolute atomic E-state index is 0.256. The van der Waals surface area contributed by atoms with E-state index in [1.54, 1.807) is 6.07 Å². The van der Waals surface area contributed by atoms with Crippen molar-refractivity contribution in [3.05, 3.63) is 24.0 Å². The molecule has 5 heteroatoms. The maximum atomic E-state index is 11.6. The third kappa shape index (κ3) is 5.38. The highest BCUT2D eigenvalue weighted by atomic mass is 16.5. The van der Waals surface area contributed by atoms with Crippen LogP contribution in [0.15, 0.2) is 18.3 Å². The van der Waals surface area contributed by atoms with Gasteiger partial charge in [-0.2, -0.15) is 5.26 Å². The van der Waals surface area contributed by atoms with Gasteiger partial charge in [-0.15, -0.1) is 0 Å². The van der Waals surface area contributed by atoms with Crippen LogP contribution in [0.25, 0.3) is 0 Å². The van der Waals surface area contributed by atoms with E-state index in [9.17, 15) is 4.79 Å². The number of pyridine rings is 1. The van der Waals surface area contributed by atoms with Crippen molar-refractivity contribution >= 4 is 11.7 Å². The number of nitrogens with two attached hydrogens (primary N) is 1. The second-order valence-electron chi connectivity index (χ2n) is 5.07. The molecule has 1 aromatic heterocycles. The molecule has 0 amide bonds. The van der Waals surface area contributed by atoms with Crippen LogP contribution in [0.1, 0.15) is 43.6 Å². The van der Waals surface area contributed by atoms with Crippen LogP contribution >= 0.6 is 0 Å². The van der Waals surface area contributed by atoms with E-state index in [4.69, 9.17) is 15.7 Å². The van der Waals surface area contributed by atoms with Gasteiger partial charge in [0.2, 0.25) is 0 Å². The molecule has 0 saturated heterocycles. The number of hydrogen-bond donors (Lipinski definition) is 1. The minimum atomic E-state index is -0.445. The van der Waals surface area contributed by atoms with Gasteiger partial charge in [-0.25, -0.2) is 9.78 Å². The fourth-order valence-corrected chi connectivity index (χ4v) is 1.49. The van der Waals surface area contributed by atoms with E-state index in [0.29, 0.717) is 12.3 Å². The number of hydrogen-bond acceptors (Lipinski definition) is 5. The van der Waals surface area contributed by atoms with Gasteiger partial charge < -0.3 is 10.5 Å². The van der Waals surface area contributed by atoms with Crippen molar-refractivity contribution in [3.8, 4) is 6.07 Å². The number of aromatic nitrogens is 1. The first kappa shape index (κ1) is 15.0. The standard InChI is InChI=1S/C14H19N3O2/c1-14(2,10-15)7-3-4-8-19-13(18)12-6-5-11(16)9-17-12/h5-6,9H,3-4,7-8,16H2,1-2H3. The Morgan fingerprint density at radius 3 is 2.79 bits per heavy atom. The van der Waals surface area contributed by atoms with E-state index in [1.165, 1.54) is 12.3 Å². The third-order valence-corrected chi connectivity index (χ3v) is 2.73. The Bertz CT molecular complexity index is 461. The van der Waals surface area contributed by atoms with Gasteiger partial charge >= 0.3 is 5.97 Å². The number of unbranched alkanes of at least 4 members (excludes halogenated alkanes) is 1. The van der Waals surface area contributed by atoms with Crippen molar-refractivity contribution in [1.29, 1.82) is 5.26 Å².